The van der Waals surface area contributed by atoms with E-state index < -0.39 is 0 Å². The molecule has 0 saturated heterocycles. The molecule has 1 rings (SSSR count). The standard InChI is InChI=1S/C10H18N2O/c1-3-12-6-4-10(9-12)8-11-5-7-13-2/h4,6,9,11H,3,5,7-8H2,1-2H3. The number of hydrogen-bond acceptors (Lipinski definition) is 2. The lowest BCUT2D eigenvalue weighted by Crippen LogP contribution is -2.18. The van der Waals surface area contributed by atoms with Gasteiger partial charge in [0.05, 0.1) is 6.61 Å². The average Bonchev–Trinajstić information content (AvgIpc) is 2.60. The van der Waals surface area contributed by atoms with Gasteiger partial charge in [0.25, 0.3) is 0 Å². The Morgan fingerprint density at radius 1 is 1.54 bits per heavy atom. The van der Waals surface area contributed by atoms with Crippen LogP contribution in [0.25, 0.3) is 0 Å². The zero-order chi connectivity index (χ0) is 9.52. The molecular formula is C10H18N2O. The van der Waals surface area contributed by atoms with E-state index in [-0.39, 0.29) is 0 Å². The Morgan fingerprint density at radius 2 is 2.38 bits per heavy atom. The first-order valence-corrected chi connectivity index (χ1v) is 4.71. The summed E-state index contributed by atoms with van der Waals surface area (Å²) in [4.78, 5) is 0. The monoisotopic (exact) mass is 182 g/mol. The van der Waals surface area contributed by atoms with Crippen LogP contribution in [0.15, 0.2) is 18.5 Å². The van der Waals surface area contributed by atoms with Crippen molar-refractivity contribution in [2.45, 2.75) is 20.0 Å². The molecular weight excluding hydrogens is 164 g/mol. The Kier molecular flexibility index (Phi) is 4.57. The predicted octanol–water partition coefficient (Wildman–Crippen LogP) is 1.24. The van der Waals surface area contributed by atoms with Gasteiger partial charge in [-0.15, -0.1) is 0 Å². The average molecular weight is 182 g/mol. The highest BCUT2D eigenvalue weighted by molar-refractivity contribution is 5.09. The van der Waals surface area contributed by atoms with Crippen molar-refractivity contribution in [3.8, 4) is 0 Å². The summed E-state index contributed by atoms with van der Waals surface area (Å²) in [6.07, 6.45) is 4.27. The number of rotatable bonds is 6. The van der Waals surface area contributed by atoms with E-state index in [2.05, 4.69) is 35.3 Å². The molecule has 1 heterocycles. The van der Waals surface area contributed by atoms with Crippen LogP contribution in [-0.4, -0.2) is 24.8 Å². The Morgan fingerprint density at radius 3 is 3.00 bits per heavy atom. The first-order chi connectivity index (χ1) is 6.36. The van der Waals surface area contributed by atoms with Gasteiger partial charge in [0.15, 0.2) is 0 Å². The first-order valence-electron chi connectivity index (χ1n) is 4.71. The van der Waals surface area contributed by atoms with Gasteiger partial charge in [0, 0.05) is 39.1 Å². The molecule has 3 heteroatoms. The minimum atomic E-state index is 0.772. The molecule has 0 aliphatic carbocycles. The Bertz CT molecular complexity index is 233. The van der Waals surface area contributed by atoms with E-state index in [1.807, 2.05) is 0 Å². The van der Waals surface area contributed by atoms with Gasteiger partial charge in [-0.25, -0.2) is 0 Å². The van der Waals surface area contributed by atoms with E-state index >= 15 is 0 Å². The number of methoxy groups -OCH3 is 1. The van der Waals surface area contributed by atoms with E-state index in [0.29, 0.717) is 0 Å². The van der Waals surface area contributed by atoms with E-state index in [9.17, 15) is 0 Å². The van der Waals surface area contributed by atoms with Crippen LogP contribution in [0.3, 0.4) is 0 Å². The quantitative estimate of drug-likeness (QED) is 0.670. The molecule has 13 heavy (non-hydrogen) atoms. The van der Waals surface area contributed by atoms with Crippen molar-refractivity contribution in [1.82, 2.24) is 9.88 Å². The van der Waals surface area contributed by atoms with Gasteiger partial charge < -0.3 is 14.6 Å². The predicted molar refractivity (Wildman–Crippen MR) is 53.7 cm³/mol. The molecule has 0 spiro atoms. The van der Waals surface area contributed by atoms with Gasteiger partial charge in [-0.2, -0.15) is 0 Å². The number of aromatic nitrogens is 1. The van der Waals surface area contributed by atoms with E-state index in [1.54, 1.807) is 7.11 Å². The fraction of sp³-hybridized carbons (Fsp3) is 0.600. The van der Waals surface area contributed by atoms with Crippen molar-refractivity contribution in [3.63, 3.8) is 0 Å². The van der Waals surface area contributed by atoms with Gasteiger partial charge in [-0.05, 0) is 18.6 Å². The number of ether oxygens (including phenoxy) is 1. The van der Waals surface area contributed by atoms with Crippen molar-refractivity contribution in [2.24, 2.45) is 0 Å². The van der Waals surface area contributed by atoms with Crippen LogP contribution in [0.2, 0.25) is 0 Å². The summed E-state index contributed by atoms with van der Waals surface area (Å²) in [6, 6.07) is 2.14. The van der Waals surface area contributed by atoms with E-state index in [4.69, 9.17) is 4.74 Å². The number of nitrogens with zero attached hydrogens (tertiary/aromatic N) is 1. The number of hydrogen-bond donors (Lipinski definition) is 1. The largest absolute Gasteiger partial charge is 0.383 e. The molecule has 0 unspecified atom stereocenters. The molecule has 0 radical (unpaired) electrons. The minimum Gasteiger partial charge on any atom is -0.383 e. The second-order valence-corrected chi connectivity index (χ2v) is 3.02. The third kappa shape index (κ3) is 3.61. The molecule has 0 aromatic carbocycles. The van der Waals surface area contributed by atoms with Crippen LogP contribution in [0.4, 0.5) is 0 Å². The van der Waals surface area contributed by atoms with Gasteiger partial charge >= 0.3 is 0 Å². The van der Waals surface area contributed by atoms with Gasteiger partial charge in [0.2, 0.25) is 0 Å². The summed E-state index contributed by atoms with van der Waals surface area (Å²) in [7, 11) is 1.72. The zero-order valence-electron chi connectivity index (χ0n) is 8.42. The molecule has 0 fully saturated rings. The van der Waals surface area contributed by atoms with Gasteiger partial charge in [0.1, 0.15) is 0 Å². The Balaban J connectivity index is 2.20. The molecule has 1 aromatic rings. The molecule has 3 nitrogen and oxygen atoms in total. The van der Waals surface area contributed by atoms with Crippen molar-refractivity contribution in [1.29, 1.82) is 0 Å². The van der Waals surface area contributed by atoms with E-state index in [1.165, 1.54) is 5.56 Å². The smallest absolute Gasteiger partial charge is 0.0587 e. The van der Waals surface area contributed by atoms with Crippen LogP contribution >= 0.6 is 0 Å². The summed E-state index contributed by atoms with van der Waals surface area (Å²) in [5.74, 6) is 0. The summed E-state index contributed by atoms with van der Waals surface area (Å²) < 4.78 is 7.11. The SMILES string of the molecule is CCn1ccc(CNCCOC)c1. The molecule has 0 amide bonds. The molecule has 1 N–H and O–H groups in total. The van der Waals surface area contributed by atoms with Crippen molar-refractivity contribution < 1.29 is 4.74 Å². The molecule has 0 atom stereocenters. The summed E-state index contributed by atoms with van der Waals surface area (Å²) in [5.41, 5.74) is 1.33. The lowest BCUT2D eigenvalue weighted by molar-refractivity contribution is 0.199. The summed E-state index contributed by atoms with van der Waals surface area (Å²) in [5, 5.41) is 3.30. The highest BCUT2D eigenvalue weighted by atomic mass is 16.5. The first kappa shape index (κ1) is 10.3. The minimum absolute atomic E-state index is 0.772. The number of aryl methyl sites for hydroxylation is 1. The fourth-order valence-electron chi connectivity index (χ4n) is 1.20. The number of nitrogens with one attached hydrogen (secondary N) is 1. The maximum Gasteiger partial charge on any atom is 0.0587 e. The Labute approximate surface area is 79.7 Å². The van der Waals surface area contributed by atoms with Crippen molar-refractivity contribution >= 4 is 0 Å². The maximum atomic E-state index is 4.94. The van der Waals surface area contributed by atoms with Gasteiger partial charge in [-0.3, -0.25) is 0 Å². The normalized spacial score (nSPS) is 10.6. The van der Waals surface area contributed by atoms with Gasteiger partial charge in [-0.1, -0.05) is 0 Å². The Hall–Kier alpha value is -0.800. The van der Waals surface area contributed by atoms with Crippen LogP contribution in [0, 0.1) is 0 Å². The highest BCUT2D eigenvalue weighted by Crippen LogP contribution is 1.99. The molecule has 0 aliphatic rings. The second-order valence-electron chi connectivity index (χ2n) is 3.02. The highest BCUT2D eigenvalue weighted by Gasteiger charge is 1.94. The summed E-state index contributed by atoms with van der Waals surface area (Å²) >= 11 is 0. The molecule has 0 bridgehead atoms. The van der Waals surface area contributed by atoms with Crippen LogP contribution in [0.5, 0.6) is 0 Å². The lowest BCUT2D eigenvalue weighted by Gasteiger charge is -2.01. The van der Waals surface area contributed by atoms with Crippen molar-refractivity contribution in [3.05, 3.63) is 24.0 Å². The third-order valence-corrected chi connectivity index (χ3v) is 1.99. The summed E-state index contributed by atoms with van der Waals surface area (Å²) in [6.45, 7) is 5.79. The van der Waals surface area contributed by atoms with Crippen LogP contribution in [-0.2, 0) is 17.8 Å². The molecule has 74 valence electrons. The van der Waals surface area contributed by atoms with Crippen LogP contribution < -0.4 is 5.32 Å². The third-order valence-electron chi connectivity index (χ3n) is 1.99. The van der Waals surface area contributed by atoms with E-state index in [0.717, 1.165) is 26.2 Å². The lowest BCUT2D eigenvalue weighted by atomic mass is 10.3. The fourth-order valence-corrected chi connectivity index (χ4v) is 1.20. The zero-order valence-corrected chi connectivity index (χ0v) is 8.42. The topological polar surface area (TPSA) is 26.2 Å². The van der Waals surface area contributed by atoms with Crippen molar-refractivity contribution in [2.75, 3.05) is 20.3 Å². The molecule has 0 saturated carbocycles. The molecule has 0 aliphatic heterocycles. The maximum absolute atomic E-state index is 4.94. The van der Waals surface area contributed by atoms with Crippen LogP contribution in [0.1, 0.15) is 12.5 Å². The second kappa shape index (κ2) is 5.78. The molecule has 1 aromatic heterocycles.